The highest BCUT2D eigenvalue weighted by molar-refractivity contribution is 4.99. The minimum atomic E-state index is -0.254. The van der Waals surface area contributed by atoms with Gasteiger partial charge in [-0.3, -0.25) is 0 Å². The lowest BCUT2D eigenvalue weighted by molar-refractivity contribution is -0.168. The van der Waals surface area contributed by atoms with E-state index >= 15 is 0 Å². The Morgan fingerprint density at radius 3 is 2.78 bits per heavy atom. The van der Waals surface area contributed by atoms with Gasteiger partial charge < -0.3 is 19.3 Å². The van der Waals surface area contributed by atoms with Crippen molar-refractivity contribution >= 4 is 0 Å². The van der Waals surface area contributed by atoms with Crippen molar-refractivity contribution in [2.24, 2.45) is 5.92 Å². The summed E-state index contributed by atoms with van der Waals surface area (Å²) in [6.45, 7) is 5.90. The molecule has 106 valence electrons. The molecule has 2 fully saturated rings. The average Bonchev–Trinajstić information content (AvgIpc) is 3.06. The summed E-state index contributed by atoms with van der Waals surface area (Å²) in [4.78, 5) is 0. The van der Waals surface area contributed by atoms with Crippen LogP contribution >= 0.6 is 0 Å². The maximum Gasteiger partial charge on any atom is 0.157 e. The Morgan fingerprint density at radius 1 is 1.44 bits per heavy atom. The third kappa shape index (κ3) is 3.67. The minimum Gasteiger partial charge on any atom is -0.393 e. The first-order valence-corrected chi connectivity index (χ1v) is 7.18. The molecular weight excluding hydrogens is 232 g/mol. The van der Waals surface area contributed by atoms with E-state index in [0.717, 1.165) is 38.9 Å². The summed E-state index contributed by atoms with van der Waals surface area (Å²) in [5, 5.41) is 9.30. The molecule has 2 heterocycles. The van der Waals surface area contributed by atoms with Crippen molar-refractivity contribution in [3.05, 3.63) is 0 Å². The second kappa shape index (κ2) is 6.33. The largest absolute Gasteiger partial charge is 0.393 e. The molecule has 2 aliphatic rings. The van der Waals surface area contributed by atoms with Crippen LogP contribution in [0.5, 0.6) is 0 Å². The van der Waals surface area contributed by atoms with Crippen LogP contribution in [0.4, 0.5) is 0 Å². The van der Waals surface area contributed by atoms with E-state index in [2.05, 4.69) is 6.92 Å². The molecule has 0 amide bonds. The summed E-state index contributed by atoms with van der Waals surface area (Å²) in [6, 6.07) is 0. The molecule has 0 aromatic rings. The zero-order valence-electron chi connectivity index (χ0n) is 11.6. The molecule has 2 saturated heterocycles. The van der Waals surface area contributed by atoms with Gasteiger partial charge in [-0.2, -0.15) is 0 Å². The minimum absolute atomic E-state index is 0.00380. The number of ether oxygens (including phenoxy) is 3. The third-order valence-corrected chi connectivity index (χ3v) is 4.13. The van der Waals surface area contributed by atoms with Crippen LogP contribution in [0.15, 0.2) is 0 Å². The van der Waals surface area contributed by atoms with Crippen molar-refractivity contribution in [1.82, 2.24) is 0 Å². The Kier molecular flexibility index (Phi) is 5.01. The average molecular weight is 258 g/mol. The Labute approximate surface area is 110 Å². The first kappa shape index (κ1) is 14.3. The lowest BCUT2D eigenvalue weighted by Gasteiger charge is -2.24. The lowest BCUT2D eigenvalue weighted by Crippen LogP contribution is -2.25. The molecule has 0 aromatic heterocycles. The van der Waals surface area contributed by atoms with Gasteiger partial charge >= 0.3 is 0 Å². The van der Waals surface area contributed by atoms with Crippen LogP contribution in [0, 0.1) is 5.92 Å². The number of rotatable bonds is 7. The van der Waals surface area contributed by atoms with Gasteiger partial charge in [0, 0.05) is 6.61 Å². The molecule has 1 unspecified atom stereocenters. The van der Waals surface area contributed by atoms with Crippen molar-refractivity contribution in [2.45, 2.75) is 63.9 Å². The zero-order valence-corrected chi connectivity index (χ0v) is 11.6. The van der Waals surface area contributed by atoms with Gasteiger partial charge in [0.15, 0.2) is 6.29 Å². The number of aliphatic hydroxyl groups excluding tert-OH is 1. The molecule has 0 spiro atoms. The van der Waals surface area contributed by atoms with Crippen LogP contribution in [0.1, 0.15) is 46.0 Å². The van der Waals surface area contributed by atoms with Crippen LogP contribution in [0.2, 0.25) is 0 Å². The van der Waals surface area contributed by atoms with Crippen molar-refractivity contribution < 1.29 is 19.3 Å². The summed E-state index contributed by atoms with van der Waals surface area (Å²) >= 11 is 0. The summed E-state index contributed by atoms with van der Waals surface area (Å²) in [5.41, 5.74) is -0.254. The fourth-order valence-corrected chi connectivity index (χ4v) is 2.51. The summed E-state index contributed by atoms with van der Waals surface area (Å²) < 4.78 is 16.8. The molecule has 18 heavy (non-hydrogen) atoms. The molecule has 0 saturated carbocycles. The normalized spacial score (nSPS) is 37.5. The Balaban J connectivity index is 1.58. The second-order valence-corrected chi connectivity index (χ2v) is 5.76. The fourth-order valence-electron chi connectivity index (χ4n) is 2.51. The smallest absolute Gasteiger partial charge is 0.157 e. The quantitative estimate of drug-likeness (QED) is 0.710. The molecule has 2 rings (SSSR count). The van der Waals surface area contributed by atoms with Gasteiger partial charge in [-0.25, -0.2) is 0 Å². The van der Waals surface area contributed by atoms with Gasteiger partial charge in [-0.1, -0.05) is 6.92 Å². The van der Waals surface area contributed by atoms with Crippen LogP contribution in [-0.4, -0.2) is 42.9 Å². The lowest BCUT2D eigenvalue weighted by atomic mass is 9.95. The third-order valence-electron chi connectivity index (χ3n) is 4.13. The van der Waals surface area contributed by atoms with Gasteiger partial charge in [0.2, 0.25) is 0 Å². The number of aliphatic hydroxyl groups is 1. The van der Waals surface area contributed by atoms with Gasteiger partial charge in [-0.05, 0) is 44.9 Å². The zero-order chi connectivity index (χ0) is 13.0. The molecule has 4 heteroatoms. The maximum absolute atomic E-state index is 9.30. The van der Waals surface area contributed by atoms with E-state index in [-0.39, 0.29) is 24.6 Å². The highest BCUT2D eigenvalue weighted by Crippen LogP contribution is 2.40. The Hall–Kier alpha value is -0.160. The molecule has 4 atom stereocenters. The summed E-state index contributed by atoms with van der Waals surface area (Å²) in [5.74, 6) is 0.482. The summed E-state index contributed by atoms with van der Waals surface area (Å²) in [6.07, 6.45) is 5.54. The van der Waals surface area contributed by atoms with Crippen molar-refractivity contribution in [3.8, 4) is 0 Å². The van der Waals surface area contributed by atoms with E-state index in [1.807, 2.05) is 6.92 Å². The highest BCUT2D eigenvalue weighted by Gasteiger charge is 2.52. The number of hydrogen-bond donors (Lipinski definition) is 1. The predicted molar refractivity (Wildman–Crippen MR) is 68.3 cm³/mol. The topological polar surface area (TPSA) is 51.2 Å². The van der Waals surface area contributed by atoms with Crippen LogP contribution in [-0.2, 0) is 14.2 Å². The molecule has 0 aromatic carbocycles. The molecule has 0 radical (unpaired) electrons. The first-order valence-electron chi connectivity index (χ1n) is 7.18. The van der Waals surface area contributed by atoms with E-state index < -0.39 is 0 Å². The molecule has 2 aliphatic heterocycles. The van der Waals surface area contributed by atoms with Crippen molar-refractivity contribution in [2.75, 3.05) is 19.8 Å². The van der Waals surface area contributed by atoms with E-state index in [0.29, 0.717) is 5.92 Å². The fraction of sp³-hybridized carbons (Fsp3) is 1.00. The van der Waals surface area contributed by atoms with E-state index in [4.69, 9.17) is 14.2 Å². The van der Waals surface area contributed by atoms with Crippen LogP contribution in [0.25, 0.3) is 0 Å². The van der Waals surface area contributed by atoms with Crippen LogP contribution < -0.4 is 0 Å². The van der Waals surface area contributed by atoms with Crippen molar-refractivity contribution in [1.29, 1.82) is 0 Å². The monoisotopic (exact) mass is 258 g/mol. The van der Waals surface area contributed by atoms with Gasteiger partial charge in [0.05, 0.1) is 19.3 Å². The molecule has 0 aliphatic carbocycles. The second-order valence-electron chi connectivity index (χ2n) is 5.76. The van der Waals surface area contributed by atoms with E-state index in [1.54, 1.807) is 0 Å². The van der Waals surface area contributed by atoms with Crippen molar-refractivity contribution in [3.63, 3.8) is 0 Å². The molecule has 4 nitrogen and oxygen atoms in total. The molecular formula is C14H26O4. The predicted octanol–water partition coefficient (Wildman–Crippen LogP) is 2.10. The molecule has 1 N–H and O–H groups in total. The Bertz CT molecular complexity index is 248. The van der Waals surface area contributed by atoms with Gasteiger partial charge in [-0.15, -0.1) is 0 Å². The van der Waals surface area contributed by atoms with Gasteiger partial charge in [0.25, 0.3) is 0 Å². The molecule has 0 bridgehead atoms. The SMILES string of the molecule is C[C@H](CC[C@@]1(CO)O[C@H]1C)COC1CCCCO1. The summed E-state index contributed by atoms with van der Waals surface area (Å²) in [7, 11) is 0. The van der Waals surface area contributed by atoms with Crippen LogP contribution in [0.3, 0.4) is 0 Å². The maximum atomic E-state index is 9.30. The number of hydrogen-bond acceptors (Lipinski definition) is 4. The van der Waals surface area contributed by atoms with Gasteiger partial charge in [0.1, 0.15) is 5.60 Å². The highest BCUT2D eigenvalue weighted by atomic mass is 16.7. The number of epoxide rings is 1. The standard InChI is InChI=1S/C14H26O4/c1-11(6-7-14(10-15)12(2)18-14)9-17-13-5-3-4-8-16-13/h11-13,15H,3-10H2,1-2H3/t11-,12+,13?,14+/m1/s1. The van der Waals surface area contributed by atoms with E-state index in [1.165, 1.54) is 6.42 Å². The first-order chi connectivity index (χ1) is 8.66. The Morgan fingerprint density at radius 2 is 2.22 bits per heavy atom. The van der Waals surface area contributed by atoms with E-state index in [9.17, 15) is 5.11 Å².